The molecule has 0 saturated carbocycles. The first-order valence-corrected chi connectivity index (χ1v) is 22.2. The Kier molecular flexibility index (Phi) is 40.0. The molecule has 0 aromatic carbocycles. The van der Waals surface area contributed by atoms with E-state index < -0.39 is 18.2 Å². The molecule has 316 valence electrons. The van der Waals surface area contributed by atoms with Crippen molar-refractivity contribution in [3.63, 3.8) is 0 Å². The van der Waals surface area contributed by atoms with E-state index in [1.807, 2.05) is 54.7 Å². The van der Waals surface area contributed by atoms with Gasteiger partial charge in [-0.3, -0.25) is 9.59 Å². The van der Waals surface area contributed by atoms with E-state index in [0.717, 1.165) is 77.0 Å². The number of allylic oxidation sites excluding steroid dienone is 17. The number of aliphatic hydroxyl groups excluding tert-OH is 2. The Morgan fingerprint density at radius 1 is 0.571 bits per heavy atom. The molecule has 0 bridgehead atoms. The zero-order valence-electron chi connectivity index (χ0n) is 35.7. The number of hydrogen-bond donors (Lipinski definition) is 3. The maximum atomic E-state index is 13.1. The molecule has 56 heavy (non-hydrogen) atoms. The van der Waals surface area contributed by atoms with Crippen molar-refractivity contribution in [1.82, 2.24) is 5.32 Å². The van der Waals surface area contributed by atoms with Crippen molar-refractivity contribution in [3.8, 4) is 0 Å². The highest BCUT2D eigenvalue weighted by Gasteiger charge is 2.23. The predicted octanol–water partition coefficient (Wildman–Crippen LogP) is 12.8. The number of unbranched alkanes of at least 4 members (excludes halogenated alkanes) is 12. The van der Waals surface area contributed by atoms with E-state index >= 15 is 0 Å². The smallest absolute Gasteiger partial charge is 0.306 e. The lowest BCUT2D eigenvalue weighted by Crippen LogP contribution is -2.46. The van der Waals surface area contributed by atoms with Crippen LogP contribution in [0.4, 0.5) is 0 Å². The van der Waals surface area contributed by atoms with Crippen LogP contribution < -0.4 is 5.32 Å². The molecule has 0 aliphatic rings. The van der Waals surface area contributed by atoms with Gasteiger partial charge in [-0.05, 0) is 57.8 Å². The van der Waals surface area contributed by atoms with Gasteiger partial charge in [0.2, 0.25) is 5.91 Å². The molecule has 6 nitrogen and oxygen atoms in total. The van der Waals surface area contributed by atoms with Gasteiger partial charge in [0.15, 0.2) is 0 Å². The number of carbonyl (C=O) groups excluding carboxylic acids is 2. The highest BCUT2D eigenvalue weighted by Crippen LogP contribution is 2.15. The van der Waals surface area contributed by atoms with Gasteiger partial charge in [0.1, 0.15) is 6.10 Å². The molecule has 6 heteroatoms. The first kappa shape index (κ1) is 52.5. The number of carbonyl (C=O) groups is 2. The highest BCUT2D eigenvalue weighted by molar-refractivity contribution is 5.77. The van der Waals surface area contributed by atoms with E-state index in [-0.39, 0.29) is 24.9 Å². The number of esters is 1. The van der Waals surface area contributed by atoms with Crippen molar-refractivity contribution in [3.05, 3.63) is 109 Å². The van der Waals surface area contributed by atoms with Gasteiger partial charge >= 0.3 is 5.97 Å². The van der Waals surface area contributed by atoms with Gasteiger partial charge in [0.25, 0.3) is 0 Å². The molecule has 3 unspecified atom stereocenters. The Morgan fingerprint density at radius 3 is 1.64 bits per heavy atom. The van der Waals surface area contributed by atoms with Crippen LogP contribution in [-0.2, 0) is 14.3 Å². The molecule has 0 fully saturated rings. The van der Waals surface area contributed by atoms with Gasteiger partial charge in [0, 0.05) is 12.8 Å². The number of rotatable bonds is 37. The zero-order valence-corrected chi connectivity index (χ0v) is 35.7. The topological polar surface area (TPSA) is 95.9 Å². The molecule has 3 atom stereocenters. The standard InChI is InChI=1S/C50H81NO5/c1-4-7-10-13-16-19-22-23-24-25-26-28-31-34-37-40-43-50(55)56-46(41-38-35-32-29-27-20-17-14-11-8-5-2)44-49(54)51-47(45-52)48(53)42-39-36-33-30-21-18-15-12-9-6-3/h7-8,10-11,14,16-17,19-20,23-24,26-29,32,35,38,46-48,52-53H,4-6,9,12-13,15,18,21-22,25,30-31,33-34,36-37,39-45H2,1-3H3,(H,51,54)/b10-7+,11-8+,17-14+,19-16+,24-23+,27-20-,28-26+,32-29-,38-35+. The predicted molar refractivity (Wildman–Crippen MR) is 240 cm³/mol. The molecule has 0 spiro atoms. The van der Waals surface area contributed by atoms with E-state index in [1.54, 1.807) is 0 Å². The summed E-state index contributed by atoms with van der Waals surface area (Å²) in [5.74, 6) is -0.660. The minimum Gasteiger partial charge on any atom is -0.461 e. The molecular weight excluding hydrogens is 695 g/mol. The van der Waals surface area contributed by atoms with E-state index in [9.17, 15) is 19.8 Å². The number of nitrogens with one attached hydrogen (secondary N) is 1. The SMILES string of the molecule is CC/C=C/C=C/C=C\C=C/C=C/CC(CC(=O)NC(CO)C(O)CCCCCCCCCCCC)OC(=O)CCCCC/C=C/C/C=C/C/C=C/C/C=C/CC. The van der Waals surface area contributed by atoms with Crippen LogP contribution in [0.15, 0.2) is 109 Å². The first-order valence-electron chi connectivity index (χ1n) is 22.2. The molecule has 0 aliphatic carbocycles. The van der Waals surface area contributed by atoms with Crippen LogP contribution in [0.2, 0.25) is 0 Å². The summed E-state index contributed by atoms with van der Waals surface area (Å²) in [5, 5.41) is 23.5. The molecule has 1 amide bonds. The summed E-state index contributed by atoms with van der Waals surface area (Å²) in [4.78, 5) is 25.9. The third kappa shape index (κ3) is 37.4. The maximum Gasteiger partial charge on any atom is 0.306 e. The van der Waals surface area contributed by atoms with E-state index in [1.165, 1.54) is 44.9 Å². The molecule has 0 radical (unpaired) electrons. The van der Waals surface area contributed by atoms with Gasteiger partial charge in [0.05, 0.1) is 25.2 Å². The lowest BCUT2D eigenvalue weighted by Gasteiger charge is -2.24. The van der Waals surface area contributed by atoms with Crippen LogP contribution in [0.25, 0.3) is 0 Å². The number of ether oxygens (including phenoxy) is 1. The van der Waals surface area contributed by atoms with E-state index in [2.05, 4.69) is 80.8 Å². The van der Waals surface area contributed by atoms with Crippen molar-refractivity contribution < 1.29 is 24.5 Å². The molecule has 0 saturated heterocycles. The zero-order chi connectivity index (χ0) is 41.0. The fourth-order valence-electron chi connectivity index (χ4n) is 5.91. The summed E-state index contributed by atoms with van der Waals surface area (Å²) in [7, 11) is 0. The van der Waals surface area contributed by atoms with Crippen molar-refractivity contribution in [2.45, 2.75) is 187 Å². The second-order valence-corrected chi connectivity index (χ2v) is 14.5. The van der Waals surface area contributed by atoms with E-state index in [4.69, 9.17) is 4.74 Å². The Morgan fingerprint density at radius 2 is 1.07 bits per heavy atom. The van der Waals surface area contributed by atoms with E-state index in [0.29, 0.717) is 19.3 Å². The van der Waals surface area contributed by atoms with Crippen LogP contribution in [0.5, 0.6) is 0 Å². The summed E-state index contributed by atoms with van der Waals surface area (Å²) < 4.78 is 5.79. The summed E-state index contributed by atoms with van der Waals surface area (Å²) >= 11 is 0. The van der Waals surface area contributed by atoms with Crippen molar-refractivity contribution in [1.29, 1.82) is 0 Å². The van der Waals surface area contributed by atoms with Gasteiger partial charge in [-0.1, -0.05) is 201 Å². The molecule has 0 aliphatic heterocycles. The monoisotopic (exact) mass is 776 g/mol. The fourth-order valence-corrected chi connectivity index (χ4v) is 5.91. The van der Waals surface area contributed by atoms with Crippen LogP contribution in [0.3, 0.4) is 0 Å². The summed E-state index contributed by atoms with van der Waals surface area (Å²) in [5.41, 5.74) is 0. The minimum absolute atomic E-state index is 0.0386. The molecule has 0 aromatic rings. The largest absolute Gasteiger partial charge is 0.461 e. The third-order valence-corrected chi connectivity index (χ3v) is 9.23. The normalized spacial score (nSPS) is 14.4. The third-order valence-electron chi connectivity index (χ3n) is 9.23. The van der Waals surface area contributed by atoms with Crippen LogP contribution in [0.1, 0.15) is 168 Å². The lowest BCUT2D eigenvalue weighted by molar-refractivity contribution is -0.150. The first-order chi connectivity index (χ1) is 27.5. The van der Waals surface area contributed by atoms with Crippen molar-refractivity contribution >= 4 is 11.9 Å². The Hall–Kier alpha value is -3.48. The van der Waals surface area contributed by atoms with Gasteiger partial charge < -0.3 is 20.3 Å². The number of aliphatic hydroxyl groups is 2. The Bertz CT molecular complexity index is 1190. The van der Waals surface area contributed by atoms with Gasteiger partial charge in [-0.2, -0.15) is 0 Å². The van der Waals surface area contributed by atoms with Gasteiger partial charge in [-0.25, -0.2) is 0 Å². The summed E-state index contributed by atoms with van der Waals surface area (Å²) in [6.07, 6.45) is 57.4. The Balaban J connectivity index is 4.81. The highest BCUT2D eigenvalue weighted by atomic mass is 16.5. The summed E-state index contributed by atoms with van der Waals surface area (Å²) in [6, 6.07) is -0.751. The molecule has 0 rings (SSSR count). The lowest BCUT2D eigenvalue weighted by atomic mass is 10.0. The quantitative estimate of drug-likeness (QED) is 0.0253. The number of amides is 1. The average Bonchev–Trinajstić information content (AvgIpc) is 3.19. The molecular formula is C50H81NO5. The van der Waals surface area contributed by atoms with Crippen LogP contribution in [-0.4, -0.2) is 46.9 Å². The minimum atomic E-state index is -0.828. The second kappa shape index (κ2) is 42.7. The Labute approximate surface area is 343 Å². The molecule has 3 N–H and O–H groups in total. The van der Waals surface area contributed by atoms with Crippen LogP contribution in [0, 0.1) is 0 Å². The number of hydrogen-bond acceptors (Lipinski definition) is 5. The fraction of sp³-hybridized carbons (Fsp3) is 0.600. The average molecular weight is 776 g/mol. The maximum absolute atomic E-state index is 13.1. The second-order valence-electron chi connectivity index (χ2n) is 14.5. The molecule has 0 heterocycles. The molecule has 0 aromatic heterocycles. The van der Waals surface area contributed by atoms with Crippen LogP contribution >= 0.6 is 0 Å². The van der Waals surface area contributed by atoms with Crippen molar-refractivity contribution in [2.75, 3.05) is 6.61 Å². The van der Waals surface area contributed by atoms with Gasteiger partial charge in [-0.15, -0.1) is 0 Å². The summed E-state index contributed by atoms with van der Waals surface area (Å²) in [6.45, 7) is 6.13. The van der Waals surface area contributed by atoms with Crippen molar-refractivity contribution in [2.24, 2.45) is 0 Å².